The Morgan fingerprint density at radius 1 is 1.17 bits per heavy atom. The number of amides is 1. The van der Waals surface area contributed by atoms with Gasteiger partial charge in [-0.2, -0.15) is 4.72 Å². The molecule has 2 bridgehead atoms. The first-order valence-electron chi connectivity index (χ1n) is 10.1. The zero-order valence-corrected chi connectivity index (χ0v) is 20.3. The van der Waals surface area contributed by atoms with E-state index in [2.05, 4.69) is 41.9 Å². The van der Waals surface area contributed by atoms with Gasteiger partial charge in [-0.05, 0) is 88.3 Å². The number of methoxy groups -OCH3 is 1. The molecule has 9 heteroatoms. The van der Waals surface area contributed by atoms with Gasteiger partial charge in [0.2, 0.25) is 15.9 Å². The van der Waals surface area contributed by atoms with Crippen LogP contribution in [-0.4, -0.2) is 33.0 Å². The van der Waals surface area contributed by atoms with Crippen LogP contribution in [0.25, 0.3) is 0 Å². The topological polar surface area (TPSA) is 84.5 Å². The van der Waals surface area contributed by atoms with E-state index in [1.807, 2.05) is 0 Å². The van der Waals surface area contributed by atoms with Crippen molar-refractivity contribution in [2.75, 3.05) is 7.11 Å². The normalized spacial score (nSPS) is 27.5. The first-order valence-corrected chi connectivity index (χ1v) is 13.2. The van der Waals surface area contributed by atoms with Gasteiger partial charge < -0.3 is 10.1 Å². The third-order valence-electron chi connectivity index (χ3n) is 6.71. The summed E-state index contributed by atoms with van der Waals surface area (Å²) in [5.74, 6) is 0.986. The number of fused-ring (bicyclic) bond motifs is 1. The molecule has 1 atom stereocenters. The third kappa shape index (κ3) is 4.25. The zero-order valence-electron chi connectivity index (χ0n) is 16.3. The van der Waals surface area contributed by atoms with E-state index in [9.17, 15) is 13.2 Å². The summed E-state index contributed by atoms with van der Waals surface area (Å²) in [5, 5.41) is 3.21. The van der Waals surface area contributed by atoms with Crippen molar-refractivity contribution in [1.82, 2.24) is 10.0 Å². The Kier molecular flexibility index (Phi) is 6.05. The van der Waals surface area contributed by atoms with Crippen molar-refractivity contribution < 1.29 is 17.9 Å². The van der Waals surface area contributed by atoms with Crippen LogP contribution in [0.4, 0.5) is 0 Å². The van der Waals surface area contributed by atoms with E-state index in [1.54, 1.807) is 6.07 Å². The summed E-state index contributed by atoms with van der Waals surface area (Å²) in [6.45, 7) is 0. The highest BCUT2D eigenvalue weighted by Gasteiger charge is 2.52. The summed E-state index contributed by atoms with van der Waals surface area (Å²) in [6, 6.07) is 2.36. The minimum atomic E-state index is -3.92. The quantitative estimate of drug-likeness (QED) is 0.536. The van der Waals surface area contributed by atoms with Crippen LogP contribution in [0.1, 0.15) is 51.4 Å². The molecule has 0 aliphatic heterocycles. The van der Waals surface area contributed by atoms with Crippen LogP contribution in [0.3, 0.4) is 0 Å². The summed E-state index contributed by atoms with van der Waals surface area (Å²) < 4.78 is 35.5. The van der Waals surface area contributed by atoms with Crippen LogP contribution in [-0.2, 0) is 14.8 Å². The maximum Gasteiger partial charge on any atom is 0.242 e. The smallest absolute Gasteiger partial charge is 0.242 e. The summed E-state index contributed by atoms with van der Waals surface area (Å²) in [4.78, 5) is 13.3. The van der Waals surface area contributed by atoms with E-state index in [-0.39, 0.29) is 22.3 Å². The lowest BCUT2D eigenvalue weighted by Gasteiger charge is -2.40. The van der Waals surface area contributed by atoms with Gasteiger partial charge in [-0.15, -0.1) is 0 Å². The molecule has 4 saturated carbocycles. The number of nitrogens with one attached hydrogen (secondary N) is 2. The molecular formula is C20H26Br2N2O4S. The summed E-state index contributed by atoms with van der Waals surface area (Å²) >= 11 is 6.70. The highest BCUT2D eigenvalue weighted by Crippen LogP contribution is 2.52. The van der Waals surface area contributed by atoms with E-state index in [0.29, 0.717) is 14.7 Å². The number of sulfonamides is 1. The van der Waals surface area contributed by atoms with E-state index < -0.39 is 16.1 Å². The molecule has 29 heavy (non-hydrogen) atoms. The molecule has 4 fully saturated rings. The van der Waals surface area contributed by atoms with Crippen LogP contribution in [0.15, 0.2) is 26.0 Å². The van der Waals surface area contributed by atoms with Gasteiger partial charge in [0, 0.05) is 16.1 Å². The van der Waals surface area contributed by atoms with Crippen LogP contribution in [0, 0.1) is 11.8 Å². The highest BCUT2D eigenvalue weighted by molar-refractivity contribution is 9.11. The molecule has 4 aliphatic carbocycles. The van der Waals surface area contributed by atoms with Crippen LogP contribution in [0.5, 0.6) is 5.75 Å². The fourth-order valence-electron chi connectivity index (χ4n) is 5.20. The second kappa shape index (κ2) is 8.13. The van der Waals surface area contributed by atoms with Crippen LogP contribution < -0.4 is 14.8 Å². The maximum absolute atomic E-state index is 13.2. The molecule has 1 aromatic carbocycles. The monoisotopic (exact) mass is 548 g/mol. The van der Waals surface area contributed by atoms with Gasteiger partial charge in [-0.25, -0.2) is 8.42 Å². The second-order valence-electron chi connectivity index (χ2n) is 8.64. The molecule has 4 aliphatic rings. The van der Waals surface area contributed by atoms with Gasteiger partial charge in [-0.3, -0.25) is 4.79 Å². The fourth-order valence-corrected chi connectivity index (χ4v) is 8.33. The Hall–Kier alpha value is -0.640. The molecular weight excluding hydrogens is 524 g/mol. The van der Waals surface area contributed by atoms with Gasteiger partial charge in [0.05, 0.1) is 16.5 Å². The van der Waals surface area contributed by atoms with Crippen molar-refractivity contribution in [2.24, 2.45) is 11.8 Å². The number of carbonyl (C=O) groups is 1. The van der Waals surface area contributed by atoms with Gasteiger partial charge in [-0.1, -0.05) is 12.8 Å². The number of benzene rings is 1. The Bertz CT molecular complexity index is 904. The lowest BCUT2D eigenvalue weighted by Crippen LogP contribution is -2.59. The highest BCUT2D eigenvalue weighted by atomic mass is 79.9. The van der Waals surface area contributed by atoms with E-state index in [4.69, 9.17) is 4.74 Å². The number of ether oxygens (including phenoxy) is 1. The summed E-state index contributed by atoms with van der Waals surface area (Å²) in [7, 11) is -2.44. The molecule has 2 N–H and O–H groups in total. The van der Waals surface area contributed by atoms with E-state index in [0.717, 1.165) is 57.3 Å². The van der Waals surface area contributed by atoms with Crippen molar-refractivity contribution in [2.45, 2.75) is 67.8 Å². The molecule has 1 aromatic rings. The van der Waals surface area contributed by atoms with Crippen molar-refractivity contribution in [1.29, 1.82) is 0 Å². The predicted octanol–water partition coefficient (Wildman–Crippen LogP) is 4.12. The fraction of sp³-hybridized carbons (Fsp3) is 0.650. The molecule has 0 aromatic heterocycles. The summed E-state index contributed by atoms with van der Waals surface area (Å²) in [6.07, 6.45) is 7.99. The molecule has 0 unspecified atom stereocenters. The number of carbonyl (C=O) groups excluding carboxylic acids is 1. The number of hydrogen-bond donors (Lipinski definition) is 2. The third-order valence-corrected chi connectivity index (χ3v) is 9.73. The SMILES string of the molecule is COc1cc(S(=O)(=O)N[C@@H](C(=O)NC23CCC(C2)C3)C2CCCC2)c(Br)cc1Br. The van der Waals surface area contributed by atoms with Gasteiger partial charge in [0.25, 0.3) is 0 Å². The first-order chi connectivity index (χ1) is 13.7. The van der Waals surface area contributed by atoms with Gasteiger partial charge in [0.1, 0.15) is 11.8 Å². The van der Waals surface area contributed by atoms with Crippen molar-refractivity contribution in [3.8, 4) is 5.75 Å². The van der Waals surface area contributed by atoms with Crippen molar-refractivity contribution in [3.63, 3.8) is 0 Å². The number of hydrogen-bond acceptors (Lipinski definition) is 4. The minimum Gasteiger partial charge on any atom is -0.496 e. The van der Waals surface area contributed by atoms with E-state index in [1.165, 1.54) is 13.2 Å². The van der Waals surface area contributed by atoms with E-state index >= 15 is 0 Å². The standard InChI is InChI=1S/C20H26Br2N2O4S/c1-28-16-9-17(15(22)8-14(16)21)29(26,27)24-18(13-4-2-3-5-13)19(25)23-20-7-6-12(10-20)11-20/h8-9,12-13,18,24H,2-7,10-11H2,1H3,(H,23,25)/t12?,18-,20?/m1/s1. The van der Waals surface area contributed by atoms with Gasteiger partial charge in [0.15, 0.2) is 0 Å². The molecule has 0 heterocycles. The number of halogens is 2. The molecule has 1 amide bonds. The molecule has 0 spiro atoms. The second-order valence-corrected chi connectivity index (χ2v) is 12.0. The first kappa shape index (κ1) is 21.6. The largest absolute Gasteiger partial charge is 0.496 e. The van der Waals surface area contributed by atoms with Crippen molar-refractivity contribution >= 4 is 47.8 Å². The average molecular weight is 550 g/mol. The lowest BCUT2D eigenvalue weighted by molar-refractivity contribution is -0.126. The molecule has 160 valence electrons. The van der Waals surface area contributed by atoms with Crippen LogP contribution in [0.2, 0.25) is 0 Å². The Morgan fingerprint density at radius 2 is 1.86 bits per heavy atom. The molecule has 0 saturated heterocycles. The molecule has 5 rings (SSSR count). The molecule has 0 radical (unpaired) electrons. The number of rotatable bonds is 7. The van der Waals surface area contributed by atoms with Crippen molar-refractivity contribution in [3.05, 3.63) is 21.1 Å². The predicted molar refractivity (Wildman–Crippen MR) is 117 cm³/mol. The average Bonchev–Trinajstić information content (AvgIpc) is 3.36. The van der Waals surface area contributed by atoms with Gasteiger partial charge >= 0.3 is 0 Å². The Labute approximate surface area is 188 Å². The maximum atomic E-state index is 13.2. The Morgan fingerprint density at radius 3 is 2.45 bits per heavy atom. The van der Waals surface area contributed by atoms with Crippen LogP contribution >= 0.6 is 31.9 Å². The Balaban J connectivity index is 1.59. The molecule has 6 nitrogen and oxygen atoms in total. The lowest BCUT2D eigenvalue weighted by atomic mass is 9.77. The minimum absolute atomic E-state index is 0.0228. The summed E-state index contributed by atoms with van der Waals surface area (Å²) in [5.41, 5.74) is -0.106. The zero-order chi connectivity index (χ0) is 20.8.